The average molecular weight is 311 g/mol. The Kier molecular flexibility index (Phi) is 4.57. The number of carbonyl (C=O) groups is 1. The number of nitrogens with zero attached hydrogens (tertiary/aromatic N) is 3. The van der Waals surface area contributed by atoms with Crippen molar-refractivity contribution >= 4 is 5.91 Å². The summed E-state index contributed by atoms with van der Waals surface area (Å²) in [5.74, 6) is 0.000746. The molecule has 0 atom stereocenters. The SMILES string of the molecule is Cc1cccc(CN2CCN(C(=O)c3cc[n+]([O-])cc3)CC2)c1. The van der Waals surface area contributed by atoms with Crippen molar-refractivity contribution in [2.75, 3.05) is 26.2 Å². The van der Waals surface area contributed by atoms with Crippen LogP contribution in [0.15, 0.2) is 48.8 Å². The summed E-state index contributed by atoms with van der Waals surface area (Å²) < 4.78 is 0.691. The highest BCUT2D eigenvalue weighted by molar-refractivity contribution is 5.94. The van der Waals surface area contributed by atoms with Gasteiger partial charge in [-0.25, -0.2) is 0 Å². The predicted molar refractivity (Wildman–Crippen MR) is 87.8 cm³/mol. The Labute approximate surface area is 136 Å². The molecule has 1 aromatic heterocycles. The third kappa shape index (κ3) is 3.87. The van der Waals surface area contributed by atoms with Gasteiger partial charge in [0, 0.05) is 44.9 Å². The molecular formula is C18H21N3O2. The van der Waals surface area contributed by atoms with Gasteiger partial charge in [0.15, 0.2) is 12.4 Å². The van der Waals surface area contributed by atoms with Crippen molar-refractivity contribution in [3.63, 3.8) is 0 Å². The van der Waals surface area contributed by atoms with E-state index in [9.17, 15) is 10.0 Å². The lowest BCUT2D eigenvalue weighted by molar-refractivity contribution is -0.605. The number of rotatable bonds is 3. The molecule has 0 bridgehead atoms. The topological polar surface area (TPSA) is 50.5 Å². The highest BCUT2D eigenvalue weighted by Gasteiger charge is 2.22. The molecule has 0 unspecified atom stereocenters. The first-order chi connectivity index (χ1) is 11.1. The summed E-state index contributed by atoms with van der Waals surface area (Å²) in [4.78, 5) is 16.6. The van der Waals surface area contributed by atoms with Crippen LogP contribution in [0.25, 0.3) is 0 Å². The van der Waals surface area contributed by atoms with Crippen LogP contribution in [0.3, 0.4) is 0 Å². The van der Waals surface area contributed by atoms with Gasteiger partial charge in [-0.15, -0.1) is 0 Å². The van der Waals surface area contributed by atoms with Crippen LogP contribution < -0.4 is 4.73 Å². The number of aromatic nitrogens is 1. The van der Waals surface area contributed by atoms with Gasteiger partial charge in [-0.05, 0) is 12.5 Å². The summed E-state index contributed by atoms with van der Waals surface area (Å²) >= 11 is 0. The lowest BCUT2D eigenvalue weighted by Gasteiger charge is -2.34. The van der Waals surface area contributed by atoms with Gasteiger partial charge in [0.25, 0.3) is 5.91 Å². The second-order valence-corrected chi connectivity index (χ2v) is 6.00. The number of hydrogen-bond acceptors (Lipinski definition) is 3. The Morgan fingerprint density at radius 1 is 1.13 bits per heavy atom. The molecule has 0 N–H and O–H groups in total. The summed E-state index contributed by atoms with van der Waals surface area (Å²) in [5.41, 5.74) is 3.16. The quantitative estimate of drug-likeness (QED) is 0.639. The molecule has 120 valence electrons. The second kappa shape index (κ2) is 6.79. The van der Waals surface area contributed by atoms with Crippen LogP contribution >= 0.6 is 0 Å². The molecule has 0 aliphatic carbocycles. The fourth-order valence-electron chi connectivity index (χ4n) is 2.92. The lowest BCUT2D eigenvalue weighted by atomic mass is 10.1. The predicted octanol–water partition coefficient (Wildman–Crippen LogP) is 1.59. The molecule has 0 spiro atoms. The fourth-order valence-corrected chi connectivity index (χ4v) is 2.92. The van der Waals surface area contributed by atoms with Crippen LogP contribution in [-0.2, 0) is 6.54 Å². The number of amides is 1. The summed E-state index contributed by atoms with van der Waals surface area (Å²) in [5, 5.41) is 11.0. The third-order valence-corrected chi connectivity index (χ3v) is 4.20. The molecule has 1 aromatic carbocycles. The molecule has 1 amide bonds. The maximum absolute atomic E-state index is 12.4. The van der Waals surface area contributed by atoms with Crippen LogP contribution in [0.5, 0.6) is 0 Å². The van der Waals surface area contributed by atoms with E-state index < -0.39 is 0 Å². The Balaban J connectivity index is 1.55. The molecular weight excluding hydrogens is 290 g/mol. The zero-order valence-electron chi connectivity index (χ0n) is 13.3. The van der Waals surface area contributed by atoms with Gasteiger partial charge in [-0.3, -0.25) is 9.69 Å². The summed E-state index contributed by atoms with van der Waals surface area (Å²) in [7, 11) is 0. The maximum atomic E-state index is 12.4. The second-order valence-electron chi connectivity index (χ2n) is 6.00. The van der Waals surface area contributed by atoms with Crippen LogP contribution in [0.4, 0.5) is 0 Å². The molecule has 1 saturated heterocycles. The van der Waals surface area contributed by atoms with E-state index in [1.165, 1.54) is 23.5 Å². The van der Waals surface area contributed by atoms with E-state index in [1.807, 2.05) is 4.90 Å². The van der Waals surface area contributed by atoms with E-state index in [2.05, 4.69) is 36.1 Å². The number of aryl methyl sites for hydroxylation is 1. The van der Waals surface area contributed by atoms with Crippen molar-refractivity contribution in [1.29, 1.82) is 0 Å². The van der Waals surface area contributed by atoms with Gasteiger partial charge in [0.1, 0.15) is 0 Å². The van der Waals surface area contributed by atoms with Crippen molar-refractivity contribution in [3.05, 3.63) is 70.7 Å². The van der Waals surface area contributed by atoms with Gasteiger partial charge < -0.3 is 10.1 Å². The molecule has 5 nitrogen and oxygen atoms in total. The van der Waals surface area contributed by atoms with Crippen LogP contribution in [0.2, 0.25) is 0 Å². The van der Waals surface area contributed by atoms with Gasteiger partial charge in [0.2, 0.25) is 0 Å². The molecule has 5 heteroatoms. The Morgan fingerprint density at radius 2 is 1.83 bits per heavy atom. The Hall–Kier alpha value is -2.40. The van der Waals surface area contributed by atoms with Crippen molar-refractivity contribution < 1.29 is 9.52 Å². The third-order valence-electron chi connectivity index (χ3n) is 4.20. The van der Waals surface area contributed by atoms with Crippen molar-refractivity contribution in [2.45, 2.75) is 13.5 Å². The Bertz CT molecular complexity index is 677. The smallest absolute Gasteiger partial charge is 0.254 e. The zero-order valence-corrected chi connectivity index (χ0v) is 13.3. The number of piperazine rings is 1. The molecule has 1 aliphatic rings. The van der Waals surface area contributed by atoms with Gasteiger partial charge >= 0.3 is 0 Å². The summed E-state index contributed by atoms with van der Waals surface area (Å²) in [6.45, 7) is 6.20. The first kappa shape index (κ1) is 15.5. The van der Waals surface area contributed by atoms with Crippen LogP contribution in [0.1, 0.15) is 21.5 Å². The van der Waals surface area contributed by atoms with Crippen LogP contribution in [-0.4, -0.2) is 41.9 Å². The number of hydrogen-bond donors (Lipinski definition) is 0. The Morgan fingerprint density at radius 3 is 2.48 bits per heavy atom. The maximum Gasteiger partial charge on any atom is 0.254 e. The van der Waals surface area contributed by atoms with Gasteiger partial charge in [0.05, 0.1) is 5.56 Å². The van der Waals surface area contributed by atoms with Crippen molar-refractivity contribution in [1.82, 2.24) is 9.80 Å². The molecule has 0 saturated carbocycles. The minimum atomic E-state index is 0.000746. The first-order valence-electron chi connectivity index (χ1n) is 7.88. The van der Waals surface area contributed by atoms with E-state index in [0.29, 0.717) is 10.3 Å². The molecule has 23 heavy (non-hydrogen) atoms. The molecule has 2 heterocycles. The van der Waals surface area contributed by atoms with E-state index in [0.717, 1.165) is 32.7 Å². The van der Waals surface area contributed by atoms with Gasteiger partial charge in [-0.1, -0.05) is 29.8 Å². The number of pyridine rings is 1. The zero-order chi connectivity index (χ0) is 16.2. The number of carbonyl (C=O) groups excluding carboxylic acids is 1. The van der Waals surface area contributed by atoms with Crippen molar-refractivity contribution in [3.8, 4) is 0 Å². The highest BCUT2D eigenvalue weighted by Crippen LogP contribution is 2.12. The molecule has 1 fully saturated rings. The van der Waals surface area contributed by atoms with E-state index in [-0.39, 0.29) is 5.91 Å². The normalized spacial score (nSPS) is 15.6. The fraction of sp³-hybridized carbons (Fsp3) is 0.333. The molecule has 3 rings (SSSR count). The monoisotopic (exact) mass is 311 g/mol. The first-order valence-corrected chi connectivity index (χ1v) is 7.88. The summed E-state index contributed by atoms with van der Waals surface area (Å²) in [6, 6.07) is 11.7. The average Bonchev–Trinajstić information content (AvgIpc) is 2.56. The molecule has 0 radical (unpaired) electrons. The lowest BCUT2D eigenvalue weighted by Crippen LogP contribution is -2.48. The highest BCUT2D eigenvalue weighted by atomic mass is 16.5. The molecule has 1 aliphatic heterocycles. The minimum Gasteiger partial charge on any atom is -0.619 e. The van der Waals surface area contributed by atoms with E-state index in [4.69, 9.17) is 0 Å². The largest absolute Gasteiger partial charge is 0.619 e. The standard InChI is InChI=1S/C18H21N3O2/c1-15-3-2-4-16(13-15)14-19-9-11-20(12-10-19)18(22)17-5-7-21(23)8-6-17/h2-8,13H,9-12,14H2,1H3. The number of benzene rings is 1. The minimum absolute atomic E-state index is 0.000746. The van der Waals surface area contributed by atoms with E-state index >= 15 is 0 Å². The van der Waals surface area contributed by atoms with Crippen LogP contribution in [0, 0.1) is 12.1 Å². The van der Waals surface area contributed by atoms with Gasteiger partial charge in [-0.2, -0.15) is 4.73 Å². The van der Waals surface area contributed by atoms with Crippen molar-refractivity contribution in [2.24, 2.45) is 0 Å². The van der Waals surface area contributed by atoms with E-state index in [1.54, 1.807) is 12.1 Å². The molecule has 2 aromatic rings. The summed E-state index contributed by atoms with van der Waals surface area (Å²) in [6.07, 6.45) is 2.72.